The van der Waals surface area contributed by atoms with E-state index in [1.54, 1.807) is 18.2 Å². The first kappa shape index (κ1) is 16.9. The van der Waals surface area contributed by atoms with Crippen LogP contribution in [0.1, 0.15) is 34.6 Å². The minimum absolute atomic E-state index is 0.101. The molecule has 0 aliphatic heterocycles. The number of carbonyl (C=O) groups is 1. The topological polar surface area (TPSA) is 74.2 Å². The van der Waals surface area contributed by atoms with Gasteiger partial charge in [-0.25, -0.2) is 4.39 Å². The highest BCUT2D eigenvalue weighted by Crippen LogP contribution is 2.23. The fourth-order valence-corrected chi connectivity index (χ4v) is 2.25. The molecule has 1 amide bonds. The molecule has 0 spiro atoms. The van der Waals surface area contributed by atoms with Crippen LogP contribution in [0.3, 0.4) is 0 Å². The van der Waals surface area contributed by atoms with Crippen molar-refractivity contribution in [2.75, 3.05) is 18.5 Å². The van der Waals surface area contributed by atoms with Gasteiger partial charge in [-0.05, 0) is 43.7 Å². The molecule has 6 heteroatoms. The molecule has 1 aromatic heterocycles. The lowest BCUT2D eigenvalue weighted by molar-refractivity contribution is 0.0944. The Morgan fingerprint density at radius 2 is 2.13 bits per heavy atom. The highest BCUT2D eigenvalue weighted by Gasteiger charge is 2.13. The zero-order chi connectivity index (χ0) is 16.8. The predicted molar refractivity (Wildman–Crippen MR) is 86.8 cm³/mol. The second kappa shape index (κ2) is 7.69. The third-order valence-corrected chi connectivity index (χ3v) is 3.54. The van der Waals surface area contributed by atoms with E-state index < -0.39 is 0 Å². The zero-order valence-corrected chi connectivity index (χ0v) is 13.1. The Hall–Kier alpha value is -2.47. The number of aliphatic hydroxyl groups excluding tert-OH is 1. The van der Waals surface area contributed by atoms with Gasteiger partial charge in [-0.1, -0.05) is 6.07 Å². The number of carbonyl (C=O) groups excluding carboxylic acids is 1. The molecule has 0 aliphatic carbocycles. The minimum atomic E-state index is -0.375. The van der Waals surface area contributed by atoms with Gasteiger partial charge in [0, 0.05) is 17.8 Å². The van der Waals surface area contributed by atoms with E-state index in [1.807, 2.05) is 19.9 Å². The van der Waals surface area contributed by atoms with Crippen LogP contribution in [0.4, 0.5) is 10.1 Å². The normalized spacial score (nSPS) is 11.8. The zero-order valence-electron chi connectivity index (χ0n) is 13.1. The highest BCUT2D eigenvalue weighted by atomic mass is 19.1. The number of hydrogen-bond acceptors (Lipinski definition) is 4. The second-order valence-corrected chi connectivity index (χ2v) is 5.22. The number of aromatic nitrogens is 1. The molecule has 23 heavy (non-hydrogen) atoms. The van der Waals surface area contributed by atoms with Gasteiger partial charge < -0.3 is 15.7 Å². The Kier molecular flexibility index (Phi) is 5.65. The maximum absolute atomic E-state index is 12.9. The van der Waals surface area contributed by atoms with Gasteiger partial charge in [-0.3, -0.25) is 9.78 Å². The molecule has 0 fully saturated rings. The van der Waals surface area contributed by atoms with Crippen LogP contribution in [0.25, 0.3) is 0 Å². The van der Waals surface area contributed by atoms with Crippen molar-refractivity contribution in [2.45, 2.75) is 19.9 Å². The summed E-state index contributed by atoms with van der Waals surface area (Å²) < 4.78 is 12.9. The van der Waals surface area contributed by atoms with Gasteiger partial charge in [0.2, 0.25) is 0 Å². The first-order valence-electron chi connectivity index (χ1n) is 7.39. The second-order valence-electron chi connectivity index (χ2n) is 5.22. The van der Waals surface area contributed by atoms with Crippen LogP contribution in [-0.2, 0) is 0 Å². The van der Waals surface area contributed by atoms with Gasteiger partial charge in [0.05, 0.1) is 24.5 Å². The summed E-state index contributed by atoms with van der Waals surface area (Å²) in [6, 6.07) is 8.25. The molecule has 0 radical (unpaired) electrons. The Morgan fingerprint density at radius 1 is 1.35 bits per heavy atom. The van der Waals surface area contributed by atoms with Crippen LogP contribution in [-0.4, -0.2) is 29.1 Å². The third-order valence-electron chi connectivity index (χ3n) is 3.54. The Balaban J connectivity index is 2.16. The van der Waals surface area contributed by atoms with Crippen molar-refractivity contribution < 1.29 is 14.3 Å². The van der Waals surface area contributed by atoms with Crippen molar-refractivity contribution in [2.24, 2.45) is 0 Å². The summed E-state index contributed by atoms with van der Waals surface area (Å²) in [7, 11) is 0. The van der Waals surface area contributed by atoms with Crippen LogP contribution in [0.15, 0.2) is 36.5 Å². The molecule has 0 saturated carbocycles. The van der Waals surface area contributed by atoms with Crippen LogP contribution < -0.4 is 10.6 Å². The van der Waals surface area contributed by atoms with Gasteiger partial charge >= 0.3 is 0 Å². The Bertz CT molecular complexity index is 674. The number of nitrogens with one attached hydrogen (secondary N) is 2. The van der Waals surface area contributed by atoms with Crippen LogP contribution in [0.5, 0.6) is 0 Å². The van der Waals surface area contributed by atoms with E-state index in [0.29, 0.717) is 11.3 Å². The summed E-state index contributed by atoms with van der Waals surface area (Å²) in [5.74, 6) is -0.604. The molecule has 1 aromatic carbocycles. The molecule has 1 atom stereocenters. The standard InChI is InChI=1S/C17H20FN3O2/c1-11-14(17(23)19-8-9-22)4-3-5-15(11)21-12(2)16-7-6-13(18)10-20-16/h3-7,10,12,21-22H,8-9H2,1-2H3,(H,19,23). The van der Waals surface area contributed by atoms with E-state index in [0.717, 1.165) is 11.3 Å². The maximum atomic E-state index is 12.9. The summed E-state index contributed by atoms with van der Waals surface area (Å²) in [5, 5.41) is 14.7. The van der Waals surface area contributed by atoms with E-state index in [2.05, 4.69) is 15.6 Å². The lowest BCUT2D eigenvalue weighted by Gasteiger charge is -2.18. The summed E-state index contributed by atoms with van der Waals surface area (Å²) in [4.78, 5) is 16.1. The van der Waals surface area contributed by atoms with Crippen molar-refractivity contribution in [1.82, 2.24) is 10.3 Å². The molecule has 2 rings (SSSR count). The molecule has 0 saturated heterocycles. The summed E-state index contributed by atoms with van der Waals surface area (Å²) in [5.41, 5.74) is 2.86. The third kappa shape index (κ3) is 4.26. The molecule has 1 heterocycles. The van der Waals surface area contributed by atoms with Crippen LogP contribution in [0, 0.1) is 12.7 Å². The van der Waals surface area contributed by atoms with E-state index in [1.165, 1.54) is 12.3 Å². The number of halogens is 1. The molecule has 5 nitrogen and oxygen atoms in total. The van der Waals surface area contributed by atoms with Crippen LogP contribution in [0.2, 0.25) is 0 Å². The van der Waals surface area contributed by atoms with Crippen molar-refractivity contribution >= 4 is 11.6 Å². The maximum Gasteiger partial charge on any atom is 0.251 e. The summed E-state index contributed by atoms with van der Waals surface area (Å²) in [6.45, 7) is 3.88. The average molecular weight is 317 g/mol. The number of nitrogens with zero attached hydrogens (tertiary/aromatic N) is 1. The average Bonchev–Trinajstić information content (AvgIpc) is 2.55. The summed E-state index contributed by atoms with van der Waals surface area (Å²) in [6.07, 6.45) is 1.18. The van der Waals surface area contributed by atoms with Gasteiger partial charge in [-0.2, -0.15) is 0 Å². The molecular formula is C17H20FN3O2. The van der Waals surface area contributed by atoms with Gasteiger partial charge in [0.25, 0.3) is 5.91 Å². The molecule has 0 aliphatic rings. The van der Waals surface area contributed by atoms with Crippen molar-refractivity contribution in [1.29, 1.82) is 0 Å². The monoisotopic (exact) mass is 317 g/mol. The smallest absolute Gasteiger partial charge is 0.251 e. The van der Waals surface area contributed by atoms with E-state index in [9.17, 15) is 9.18 Å². The highest BCUT2D eigenvalue weighted by molar-refractivity contribution is 5.97. The molecule has 122 valence electrons. The Morgan fingerprint density at radius 3 is 2.78 bits per heavy atom. The first-order chi connectivity index (χ1) is 11.0. The Labute approximate surface area is 134 Å². The van der Waals surface area contributed by atoms with Crippen molar-refractivity contribution in [3.63, 3.8) is 0 Å². The predicted octanol–water partition coefficient (Wildman–Crippen LogP) is 2.42. The van der Waals surface area contributed by atoms with Crippen molar-refractivity contribution in [3.05, 3.63) is 59.2 Å². The number of pyridine rings is 1. The number of aliphatic hydroxyl groups is 1. The van der Waals surface area contributed by atoms with E-state index >= 15 is 0 Å². The summed E-state index contributed by atoms with van der Waals surface area (Å²) >= 11 is 0. The molecule has 2 aromatic rings. The molecule has 3 N–H and O–H groups in total. The van der Waals surface area contributed by atoms with E-state index in [-0.39, 0.29) is 30.9 Å². The number of hydrogen-bond donors (Lipinski definition) is 3. The molecular weight excluding hydrogens is 297 g/mol. The lowest BCUT2D eigenvalue weighted by Crippen LogP contribution is -2.27. The molecule has 1 unspecified atom stereocenters. The SMILES string of the molecule is Cc1c(NC(C)c2ccc(F)cn2)cccc1C(=O)NCCO. The molecule has 0 bridgehead atoms. The fraction of sp³-hybridized carbons (Fsp3) is 0.294. The quantitative estimate of drug-likeness (QED) is 0.765. The fourth-order valence-electron chi connectivity index (χ4n) is 2.25. The lowest BCUT2D eigenvalue weighted by atomic mass is 10.0. The number of anilines is 1. The van der Waals surface area contributed by atoms with E-state index in [4.69, 9.17) is 5.11 Å². The number of benzene rings is 1. The van der Waals surface area contributed by atoms with Gasteiger partial charge in [-0.15, -0.1) is 0 Å². The number of rotatable bonds is 6. The minimum Gasteiger partial charge on any atom is -0.395 e. The largest absolute Gasteiger partial charge is 0.395 e. The van der Waals surface area contributed by atoms with Gasteiger partial charge in [0.1, 0.15) is 5.82 Å². The van der Waals surface area contributed by atoms with Gasteiger partial charge in [0.15, 0.2) is 0 Å². The first-order valence-corrected chi connectivity index (χ1v) is 7.39. The number of amides is 1. The van der Waals surface area contributed by atoms with Crippen LogP contribution >= 0.6 is 0 Å². The van der Waals surface area contributed by atoms with Crippen molar-refractivity contribution in [3.8, 4) is 0 Å².